The minimum Gasteiger partial charge on any atom is -0.460 e. The largest absolute Gasteiger partial charge is 0.460 e. The molecule has 0 aliphatic carbocycles. The Labute approximate surface area is 449 Å². The lowest BCUT2D eigenvalue weighted by molar-refractivity contribution is -0.205. The number of benzene rings is 3. The topological polar surface area (TPSA) is 334 Å². The molecule has 4 atom stereocenters. The molecule has 0 radical (unpaired) electrons. The van der Waals surface area contributed by atoms with E-state index in [9.17, 15) is 52.6 Å². The van der Waals surface area contributed by atoms with Crippen LogP contribution in [-0.2, 0) is 65.7 Å². The highest BCUT2D eigenvalue weighted by Gasteiger charge is 2.45. The fourth-order valence-corrected chi connectivity index (χ4v) is 7.79. The van der Waals surface area contributed by atoms with E-state index in [1.807, 2.05) is 51.1 Å². The Balaban J connectivity index is 0.00000150. The third kappa shape index (κ3) is 19.4. The maximum Gasteiger partial charge on any atom is 0.407 e. The van der Waals surface area contributed by atoms with E-state index < -0.39 is 114 Å². The molecule has 11 N–H and O–H groups in total. The molecule has 23 nitrogen and oxygen atoms in total. The van der Waals surface area contributed by atoms with Crippen molar-refractivity contribution in [2.24, 2.45) is 16.9 Å². The number of hydrogen-bond acceptors (Lipinski definition) is 14. The number of aliphatic hydroxyl groups is 1. The number of carbonyl (C=O) groups is 9. The van der Waals surface area contributed by atoms with Gasteiger partial charge in [0.1, 0.15) is 50.1 Å². The van der Waals surface area contributed by atoms with Gasteiger partial charge in [-0.25, -0.2) is 18.4 Å². The smallest absolute Gasteiger partial charge is 0.407 e. The lowest BCUT2D eigenvalue weighted by Crippen LogP contribution is -2.57. The summed E-state index contributed by atoms with van der Waals surface area (Å²) in [6.07, 6.45) is -0.375. The number of cyclic esters (lactones) is 1. The lowest BCUT2D eigenvalue weighted by Gasteiger charge is -2.41. The monoisotopic (exact) mass is 1090 g/mol. The number of nitrogens with zero attached hydrogens (tertiary/aromatic N) is 2. The van der Waals surface area contributed by atoms with Gasteiger partial charge in [-0.15, -0.1) is 0 Å². The van der Waals surface area contributed by atoms with Crippen LogP contribution in [0.25, 0.3) is 11.1 Å². The van der Waals surface area contributed by atoms with E-state index in [-0.39, 0.29) is 62.8 Å². The number of aliphatic hydroxyl groups excluding tert-OH is 1. The van der Waals surface area contributed by atoms with Gasteiger partial charge in [-0.2, -0.15) is 0 Å². The molecule has 1 fully saturated rings. The molecule has 4 aromatic rings. The molecule has 0 bridgehead atoms. The molecular weight excluding hydrogens is 1020 g/mol. The number of nitrogens with two attached hydrogens (primary N) is 2. The zero-order chi connectivity index (χ0) is 57.6. The van der Waals surface area contributed by atoms with E-state index in [0.29, 0.717) is 17.9 Å². The SMILES string of the molecule is CC(C)(C)C(c1cc(-c2cc(F)ccc2F)cn1Cc1ccccc1)N(CCC(NC(=O)C(CC(N)=O)NC(=O)CNC(=O)CNC(=O)OCc1ccccc1)C(=O)NCCNC(=O)CN)C(=O)CO.COC1(C)COC1=O. The number of carbonyl (C=O) groups excluding carboxylic acids is 9. The van der Waals surface area contributed by atoms with Gasteiger partial charge < -0.3 is 72.2 Å². The maximum absolute atomic E-state index is 15.3. The van der Waals surface area contributed by atoms with Crippen LogP contribution in [-0.4, -0.2) is 145 Å². The Morgan fingerprint density at radius 3 is 2.03 bits per heavy atom. The quantitative estimate of drug-likeness (QED) is 0.0311. The Morgan fingerprint density at radius 2 is 1.46 bits per heavy atom. The molecule has 0 spiro atoms. The Morgan fingerprint density at radius 1 is 0.821 bits per heavy atom. The molecular formula is C53H68F2N10O13. The van der Waals surface area contributed by atoms with Crippen LogP contribution in [0.15, 0.2) is 91.1 Å². The standard InChI is InChI=1S/C48H60F2N10O10.C5H8O3/c1-48(2,3)44(38-20-32(34-21-33(49)14-15-35(34)50)27-59(38)26-30-10-6-4-7-11-30)60(43(66)28-61)19-16-36(45(67)54-18-17-53-40(63)23-51)58-46(68)37(22-39(52)62)57-42(65)25-55-41(64)24-56-47(69)70-29-31-12-8-5-9-13-31;1-5(7-2)3-8-4(5)6/h4-15,20-21,27,36-37,44,61H,16-19,22-26,28-29,51H2,1-3H3,(H2,52,62)(H,53,63)(H,54,67)(H,55,64)(H,56,69)(H,57,65)(H,58,68);3H2,1-2H3. The summed E-state index contributed by atoms with van der Waals surface area (Å²) in [6.45, 7) is 4.59. The van der Waals surface area contributed by atoms with Crippen molar-refractivity contribution < 1.29 is 71.2 Å². The second-order valence-electron chi connectivity index (χ2n) is 19.1. The van der Waals surface area contributed by atoms with Gasteiger partial charge in [0.05, 0.1) is 25.6 Å². The Hall–Kier alpha value is -8.29. The van der Waals surface area contributed by atoms with E-state index in [4.69, 9.17) is 20.9 Å². The number of aromatic nitrogens is 1. The first kappa shape index (κ1) is 62.3. The molecule has 1 aromatic heterocycles. The summed E-state index contributed by atoms with van der Waals surface area (Å²) < 4.78 is 45.9. The van der Waals surface area contributed by atoms with Crippen LogP contribution in [0.5, 0.6) is 0 Å². The first-order chi connectivity index (χ1) is 37.0. The molecule has 4 unspecified atom stereocenters. The van der Waals surface area contributed by atoms with E-state index in [0.717, 1.165) is 23.8 Å². The van der Waals surface area contributed by atoms with Gasteiger partial charge in [-0.3, -0.25) is 33.6 Å². The van der Waals surface area contributed by atoms with Gasteiger partial charge in [0.15, 0.2) is 5.60 Å². The van der Waals surface area contributed by atoms with E-state index in [2.05, 4.69) is 36.6 Å². The average Bonchev–Trinajstić information content (AvgIpc) is 3.84. The van der Waals surface area contributed by atoms with Crippen LogP contribution in [0.2, 0.25) is 0 Å². The van der Waals surface area contributed by atoms with Gasteiger partial charge in [0.2, 0.25) is 41.4 Å². The van der Waals surface area contributed by atoms with Crippen molar-refractivity contribution in [3.05, 3.63) is 120 Å². The highest BCUT2D eigenvalue weighted by Crippen LogP contribution is 2.41. The zero-order valence-corrected chi connectivity index (χ0v) is 44.0. The number of hydrogen-bond donors (Lipinski definition) is 9. The highest BCUT2D eigenvalue weighted by molar-refractivity contribution is 5.96. The summed E-state index contributed by atoms with van der Waals surface area (Å²) in [4.78, 5) is 115. The van der Waals surface area contributed by atoms with Crippen molar-refractivity contribution in [2.45, 2.75) is 77.4 Å². The third-order valence-electron chi connectivity index (χ3n) is 11.9. The van der Waals surface area contributed by atoms with Crippen LogP contribution in [0.3, 0.4) is 0 Å². The molecule has 3 aromatic carbocycles. The van der Waals surface area contributed by atoms with Gasteiger partial charge in [0.25, 0.3) is 0 Å². The Kier molecular flexibility index (Phi) is 23.8. The molecule has 2 heterocycles. The number of amides is 8. The summed E-state index contributed by atoms with van der Waals surface area (Å²) in [5, 5.41) is 24.8. The highest BCUT2D eigenvalue weighted by atomic mass is 19.1. The second kappa shape index (κ2) is 29.9. The van der Waals surface area contributed by atoms with Crippen LogP contribution < -0.4 is 43.4 Å². The normalized spacial score (nSPS) is 14.8. The number of nitrogens with one attached hydrogen (secondary N) is 6. The first-order valence-electron chi connectivity index (χ1n) is 24.6. The molecule has 8 amide bonds. The first-order valence-corrected chi connectivity index (χ1v) is 24.6. The lowest BCUT2D eigenvalue weighted by atomic mass is 9.82. The molecule has 422 valence electrons. The number of ether oxygens (including phenoxy) is 3. The van der Waals surface area contributed by atoms with Crippen molar-refractivity contribution in [1.82, 2.24) is 41.4 Å². The van der Waals surface area contributed by atoms with Crippen molar-refractivity contribution in [3.63, 3.8) is 0 Å². The van der Waals surface area contributed by atoms with Gasteiger partial charge in [0, 0.05) is 56.3 Å². The fraction of sp³-hybridized carbons (Fsp3) is 0.415. The van der Waals surface area contributed by atoms with E-state index >= 15 is 4.39 Å². The Bertz CT molecular complexity index is 2720. The summed E-state index contributed by atoms with van der Waals surface area (Å²) >= 11 is 0. The molecule has 0 saturated carbocycles. The van der Waals surface area contributed by atoms with Gasteiger partial charge in [-0.05, 0) is 54.2 Å². The maximum atomic E-state index is 15.3. The molecule has 25 heteroatoms. The van der Waals surface area contributed by atoms with Crippen molar-refractivity contribution in [3.8, 4) is 11.1 Å². The zero-order valence-electron chi connectivity index (χ0n) is 44.0. The predicted molar refractivity (Wildman–Crippen MR) is 278 cm³/mol. The van der Waals surface area contributed by atoms with Crippen LogP contribution in [0, 0.1) is 17.0 Å². The fourth-order valence-electron chi connectivity index (χ4n) is 7.79. The van der Waals surface area contributed by atoms with Crippen LogP contribution in [0.4, 0.5) is 13.6 Å². The summed E-state index contributed by atoms with van der Waals surface area (Å²) in [5.41, 5.74) is 11.5. The van der Waals surface area contributed by atoms with E-state index in [1.165, 1.54) is 12.0 Å². The number of primary amides is 1. The number of methoxy groups -OCH3 is 1. The minimum absolute atomic E-state index is 0.0448. The van der Waals surface area contributed by atoms with Crippen molar-refractivity contribution >= 4 is 53.4 Å². The second-order valence-corrected chi connectivity index (χ2v) is 19.1. The number of rotatable bonds is 26. The van der Waals surface area contributed by atoms with Gasteiger partial charge in [-0.1, -0.05) is 81.4 Å². The van der Waals surface area contributed by atoms with E-state index in [1.54, 1.807) is 54.1 Å². The summed E-state index contributed by atoms with van der Waals surface area (Å²) in [5.74, 6) is -7.61. The van der Waals surface area contributed by atoms with Gasteiger partial charge >= 0.3 is 12.1 Å². The number of alkyl carbamates (subject to hydrolysis) is 1. The minimum atomic E-state index is -1.69. The molecule has 78 heavy (non-hydrogen) atoms. The third-order valence-corrected chi connectivity index (χ3v) is 11.9. The molecule has 1 saturated heterocycles. The average molecular weight is 1090 g/mol. The van der Waals surface area contributed by atoms with Crippen molar-refractivity contribution in [1.29, 1.82) is 0 Å². The number of esters is 1. The summed E-state index contributed by atoms with van der Waals surface area (Å²) in [7, 11) is 1.50. The molecule has 1 aliphatic heterocycles. The molecule has 5 rings (SSSR count). The molecule has 1 aliphatic rings. The van der Waals surface area contributed by atoms with Crippen LogP contribution >= 0.6 is 0 Å². The van der Waals surface area contributed by atoms with Crippen LogP contribution in [0.1, 0.15) is 63.4 Å². The summed E-state index contributed by atoms with van der Waals surface area (Å²) in [6, 6.07) is 18.5. The predicted octanol–water partition coefficient (Wildman–Crippen LogP) is 0.807. The van der Waals surface area contributed by atoms with Crippen molar-refractivity contribution in [2.75, 3.05) is 59.6 Å². The number of halogens is 2.